The second-order valence-corrected chi connectivity index (χ2v) is 9.30. The molecule has 0 radical (unpaired) electrons. The quantitative estimate of drug-likeness (QED) is 0.152. The van der Waals surface area contributed by atoms with Crippen molar-refractivity contribution in [3.05, 3.63) is 23.0 Å². The first kappa shape index (κ1) is 27.7. The second kappa shape index (κ2) is 19.3. The molecular weight excluding hydrogens is 406 g/mol. The molecule has 1 heterocycles. The van der Waals surface area contributed by atoms with Gasteiger partial charge in [0.25, 0.3) is 0 Å². The van der Waals surface area contributed by atoms with Gasteiger partial charge in [-0.25, -0.2) is 0 Å². The van der Waals surface area contributed by atoms with E-state index in [1.54, 1.807) is 0 Å². The molecule has 1 rings (SSSR count). The predicted octanol–water partition coefficient (Wildman–Crippen LogP) is 8.89. The molecule has 0 unspecified atom stereocenters. The summed E-state index contributed by atoms with van der Waals surface area (Å²) in [7, 11) is 0. The normalized spacial score (nSPS) is 11.2. The molecule has 0 atom stereocenters. The lowest BCUT2D eigenvalue weighted by Crippen LogP contribution is -2.04. The number of hydrogen-bond acceptors (Lipinski definition) is 4. The van der Waals surface area contributed by atoms with Gasteiger partial charge in [0.2, 0.25) is 0 Å². The molecule has 0 saturated heterocycles. The van der Waals surface area contributed by atoms with Crippen LogP contribution in [0, 0.1) is 6.92 Å². The summed E-state index contributed by atoms with van der Waals surface area (Å²) in [6.07, 6.45) is 22.3. The summed E-state index contributed by atoms with van der Waals surface area (Å²) in [5.41, 5.74) is 3.11. The summed E-state index contributed by atoms with van der Waals surface area (Å²) in [4.78, 5) is 4.63. The van der Waals surface area contributed by atoms with E-state index in [-0.39, 0.29) is 0 Å². The van der Waals surface area contributed by atoms with Crippen LogP contribution in [0.25, 0.3) is 0 Å². The van der Waals surface area contributed by atoms with Crippen molar-refractivity contribution in [3.8, 4) is 5.75 Å². The van der Waals surface area contributed by atoms with E-state index in [4.69, 9.17) is 4.74 Å². The van der Waals surface area contributed by atoms with E-state index in [1.807, 2.05) is 0 Å². The summed E-state index contributed by atoms with van der Waals surface area (Å²) in [5, 5.41) is 0. The molecule has 0 fully saturated rings. The Balaban J connectivity index is 1.92. The average Bonchev–Trinajstić information content (AvgIpc) is 2.76. The van der Waals surface area contributed by atoms with Crippen LogP contribution < -0.4 is 4.74 Å². The van der Waals surface area contributed by atoms with Gasteiger partial charge in [-0.1, -0.05) is 103 Å². The van der Waals surface area contributed by atoms with Crippen LogP contribution >= 0.6 is 25.3 Å². The zero-order valence-electron chi connectivity index (χ0n) is 19.8. The number of aryl methyl sites for hydroxylation is 1. The number of aromatic nitrogens is 1. The molecule has 0 bridgehead atoms. The highest BCUT2D eigenvalue weighted by molar-refractivity contribution is 7.79. The molecule has 4 heteroatoms. The lowest BCUT2D eigenvalue weighted by molar-refractivity contribution is 0.300. The van der Waals surface area contributed by atoms with Crippen LogP contribution in [0.4, 0.5) is 0 Å². The van der Waals surface area contributed by atoms with Crippen molar-refractivity contribution in [2.45, 2.75) is 128 Å². The number of rotatable bonds is 20. The fourth-order valence-corrected chi connectivity index (χ4v) is 4.45. The van der Waals surface area contributed by atoms with Crippen LogP contribution in [-0.2, 0) is 11.5 Å². The molecule has 1 aromatic rings. The Labute approximate surface area is 198 Å². The Morgan fingerprint density at radius 1 is 0.667 bits per heavy atom. The van der Waals surface area contributed by atoms with E-state index in [0.717, 1.165) is 35.7 Å². The van der Waals surface area contributed by atoms with Crippen molar-refractivity contribution >= 4 is 25.3 Å². The topological polar surface area (TPSA) is 22.1 Å². The molecule has 1 aromatic heterocycles. The lowest BCUT2D eigenvalue weighted by atomic mass is 10.0. The molecule has 0 aliphatic carbocycles. The lowest BCUT2D eigenvalue weighted by Gasteiger charge is -2.13. The van der Waals surface area contributed by atoms with Gasteiger partial charge in [-0.05, 0) is 25.0 Å². The van der Waals surface area contributed by atoms with Gasteiger partial charge in [-0.15, -0.1) is 0 Å². The minimum absolute atomic E-state index is 0.606. The van der Waals surface area contributed by atoms with E-state index in [0.29, 0.717) is 11.5 Å². The van der Waals surface area contributed by atoms with E-state index < -0.39 is 0 Å². The first-order valence-corrected chi connectivity index (χ1v) is 13.8. The first-order valence-electron chi connectivity index (χ1n) is 12.6. The minimum Gasteiger partial charge on any atom is -0.492 e. The Morgan fingerprint density at radius 2 is 1.10 bits per heavy atom. The molecule has 2 nitrogen and oxygen atoms in total. The molecule has 0 aliphatic rings. The molecule has 0 amide bonds. The van der Waals surface area contributed by atoms with Gasteiger partial charge in [0.1, 0.15) is 5.75 Å². The average molecular weight is 454 g/mol. The van der Waals surface area contributed by atoms with Gasteiger partial charge in [0.15, 0.2) is 0 Å². The minimum atomic E-state index is 0.606. The van der Waals surface area contributed by atoms with Crippen LogP contribution in [-0.4, -0.2) is 11.6 Å². The van der Waals surface area contributed by atoms with Crippen molar-refractivity contribution in [2.24, 2.45) is 0 Å². The van der Waals surface area contributed by atoms with Gasteiger partial charge in [0.05, 0.1) is 18.0 Å². The highest BCUT2D eigenvalue weighted by atomic mass is 32.1. The van der Waals surface area contributed by atoms with Crippen LogP contribution in [0.1, 0.15) is 127 Å². The van der Waals surface area contributed by atoms with Crippen LogP contribution in [0.2, 0.25) is 0 Å². The maximum absolute atomic E-state index is 5.99. The number of unbranched alkanes of at least 4 members (excludes halogenated alkanes) is 15. The van der Waals surface area contributed by atoms with Crippen molar-refractivity contribution in [1.82, 2.24) is 4.98 Å². The Kier molecular flexibility index (Phi) is 17.9. The van der Waals surface area contributed by atoms with Gasteiger partial charge < -0.3 is 4.74 Å². The zero-order valence-corrected chi connectivity index (χ0v) is 21.6. The smallest absolute Gasteiger partial charge is 0.141 e. The number of nitrogens with zero attached hydrogens (tertiary/aromatic N) is 1. The summed E-state index contributed by atoms with van der Waals surface area (Å²) >= 11 is 8.73. The van der Waals surface area contributed by atoms with Crippen LogP contribution in [0.3, 0.4) is 0 Å². The Morgan fingerprint density at radius 3 is 1.53 bits per heavy atom. The van der Waals surface area contributed by atoms with E-state index in [1.165, 1.54) is 96.3 Å². The van der Waals surface area contributed by atoms with E-state index in [9.17, 15) is 0 Å². The summed E-state index contributed by atoms with van der Waals surface area (Å²) in [6.45, 7) is 5.14. The summed E-state index contributed by atoms with van der Waals surface area (Å²) < 4.78 is 5.99. The van der Waals surface area contributed by atoms with Gasteiger partial charge >= 0.3 is 0 Å². The second-order valence-electron chi connectivity index (χ2n) is 8.66. The van der Waals surface area contributed by atoms with Gasteiger partial charge in [0, 0.05) is 11.5 Å². The molecule has 0 aliphatic heterocycles. The molecule has 0 saturated carbocycles. The number of thiol groups is 2. The van der Waals surface area contributed by atoms with E-state index in [2.05, 4.69) is 50.2 Å². The number of ether oxygens (including phenoxy) is 1. The van der Waals surface area contributed by atoms with Gasteiger partial charge in [-0.3, -0.25) is 4.98 Å². The standard InChI is InChI=1S/C26H47NOS2/c1-3-4-5-6-7-8-9-10-11-12-13-14-15-16-17-18-19-28-26-20-23(2)24(21-29)27-25(26)22-30/h20,29-30H,3-19,21-22H2,1-2H3. The monoisotopic (exact) mass is 453 g/mol. The summed E-state index contributed by atoms with van der Waals surface area (Å²) in [6, 6.07) is 2.09. The SMILES string of the molecule is CCCCCCCCCCCCCCCCCCOc1cc(C)c(CS)nc1CS. The number of pyridine rings is 1. The molecular formula is C26H47NOS2. The summed E-state index contributed by atoms with van der Waals surface area (Å²) in [5.74, 6) is 2.16. The number of hydrogen-bond donors (Lipinski definition) is 2. The molecule has 30 heavy (non-hydrogen) atoms. The molecule has 0 N–H and O–H groups in total. The van der Waals surface area contributed by atoms with Crippen molar-refractivity contribution in [2.75, 3.05) is 6.61 Å². The zero-order chi connectivity index (χ0) is 21.9. The van der Waals surface area contributed by atoms with Crippen molar-refractivity contribution in [3.63, 3.8) is 0 Å². The van der Waals surface area contributed by atoms with Crippen molar-refractivity contribution < 1.29 is 4.74 Å². The fraction of sp³-hybridized carbons (Fsp3) is 0.808. The van der Waals surface area contributed by atoms with Crippen LogP contribution in [0.5, 0.6) is 5.75 Å². The van der Waals surface area contributed by atoms with Crippen molar-refractivity contribution in [1.29, 1.82) is 0 Å². The third kappa shape index (κ3) is 13.1. The third-order valence-corrected chi connectivity index (χ3v) is 6.51. The first-order chi connectivity index (χ1) is 14.7. The fourth-order valence-electron chi connectivity index (χ4n) is 3.90. The maximum atomic E-state index is 5.99. The molecule has 174 valence electrons. The largest absolute Gasteiger partial charge is 0.492 e. The Bertz CT molecular complexity index is 536. The molecule has 0 aromatic carbocycles. The predicted molar refractivity (Wildman–Crippen MR) is 139 cm³/mol. The maximum Gasteiger partial charge on any atom is 0.141 e. The van der Waals surface area contributed by atoms with Crippen LogP contribution in [0.15, 0.2) is 6.07 Å². The highest BCUT2D eigenvalue weighted by Crippen LogP contribution is 2.23. The molecule has 0 spiro atoms. The Hall–Kier alpha value is -0.350. The third-order valence-electron chi connectivity index (χ3n) is 5.91. The van der Waals surface area contributed by atoms with Gasteiger partial charge in [-0.2, -0.15) is 25.3 Å². The van der Waals surface area contributed by atoms with E-state index >= 15 is 0 Å². The highest BCUT2D eigenvalue weighted by Gasteiger charge is 2.08.